The van der Waals surface area contributed by atoms with Crippen LogP contribution in [0.5, 0.6) is 5.75 Å². The van der Waals surface area contributed by atoms with Gasteiger partial charge in [0.15, 0.2) is 0 Å². The van der Waals surface area contributed by atoms with Gasteiger partial charge in [-0.15, -0.1) is 0 Å². The van der Waals surface area contributed by atoms with E-state index in [9.17, 15) is 4.79 Å². The van der Waals surface area contributed by atoms with Gasteiger partial charge in [-0.25, -0.2) is 0 Å². The third-order valence-electron chi connectivity index (χ3n) is 3.50. The second-order valence-electron chi connectivity index (χ2n) is 5.24. The summed E-state index contributed by atoms with van der Waals surface area (Å²) in [6, 6.07) is 7.97. The van der Waals surface area contributed by atoms with E-state index in [1.165, 1.54) is 5.56 Å². The number of amides is 1. The van der Waals surface area contributed by atoms with Gasteiger partial charge in [-0.3, -0.25) is 4.79 Å². The number of carbonyl (C=O) groups is 1. The summed E-state index contributed by atoms with van der Waals surface area (Å²) in [6.07, 6.45) is 0.533. The molecule has 0 fully saturated rings. The fourth-order valence-corrected chi connectivity index (χ4v) is 1.83. The molecular weight excluding hydrogens is 240 g/mol. The molecule has 0 saturated heterocycles. The number of para-hydroxylation sites is 1. The summed E-state index contributed by atoms with van der Waals surface area (Å²) in [5.41, 5.74) is 5.83. The fraction of sp³-hybridized carbons (Fsp3) is 0.533. The standard InChI is InChI=1S/C15H24N2O2/c1-11(2)12-7-5-6-8-13(12)19-10-9-15(3,17-4)14(16)18/h5-8,11,17H,9-10H2,1-4H3,(H2,16,18). The Labute approximate surface area is 115 Å². The van der Waals surface area contributed by atoms with Gasteiger partial charge in [-0.2, -0.15) is 0 Å². The fourth-order valence-electron chi connectivity index (χ4n) is 1.83. The quantitative estimate of drug-likeness (QED) is 0.792. The van der Waals surface area contributed by atoms with Crippen LogP contribution in [0.2, 0.25) is 0 Å². The Hall–Kier alpha value is -1.55. The highest BCUT2D eigenvalue weighted by Crippen LogP contribution is 2.26. The first kappa shape index (κ1) is 15.5. The maximum Gasteiger partial charge on any atom is 0.237 e. The van der Waals surface area contributed by atoms with Crippen molar-refractivity contribution in [2.24, 2.45) is 5.73 Å². The highest BCUT2D eigenvalue weighted by Gasteiger charge is 2.28. The molecular formula is C15H24N2O2. The van der Waals surface area contributed by atoms with Crippen molar-refractivity contribution in [2.45, 2.75) is 38.6 Å². The van der Waals surface area contributed by atoms with Crippen molar-refractivity contribution in [3.8, 4) is 5.75 Å². The highest BCUT2D eigenvalue weighted by molar-refractivity contribution is 5.84. The van der Waals surface area contributed by atoms with Crippen LogP contribution in [-0.2, 0) is 4.79 Å². The number of benzene rings is 1. The van der Waals surface area contributed by atoms with E-state index >= 15 is 0 Å². The van der Waals surface area contributed by atoms with Crippen LogP contribution >= 0.6 is 0 Å². The number of rotatable bonds is 7. The Balaban J connectivity index is 2.66. The first-order chi connectivity index (χ1) is 8.90. The Kier molecular flexibility index (Phi) is 5.36. The first-order valence-corrected chi connectivity index (χ1v) is 6.61. The number of ether oxygens (including phenoxy) is 1. The number of likely N-dealkylation sites (N-methyl/N-ethyl adjacent to an activating group) is 1. The zero-order valence-electron chi connectivity index (χ0n) is 12.2. The van der Waals surface area contributed by atoms with Crippen LogP contribution in [0.15, 0.2) is 24.3 Å². The molecule has 1 aromatic rings. The number of nitrogens with two attached hydrogens (primary N) is 1. The van der Waals surface area contributed by atoms with E-state index in [1.54, 1.807) is 14.0 Å². The van der Waals surface area contributed by atoms with E-state index in [2.05, 4.69) is 25.2 Å². The number of hydrogen-bond donors (Lipinski definition) is 2. The second-order valence-corrected chi connectivity index (χ2v) is 5.24. The lowest BCUT2D eigenvalue weighted by atomic mass is 9.98. The SMILES string of the molecule is CNC(C)(CCOc1ccccc1C(C)C)C(N)=O. The van der Waals surface area contributed by atoms with Crippen LogP contribution < -0.4 is 15.8 Å². The minimum Gasteiger partial charge on any atom is -0.493 e. The molecule has 106 valence electrons. The molecule has 0 saturated carbocycles. The predicted molar refractivity (Wildman–Crippen MR) is 77.3 cm³/mol. The van der Waals surface area contributed by atoms with Crippen LogP contribution in [0, 0.1) is 0 Å². The number of hydrogen-bond acceptors (Lipinski definition) is 3. The van der Waals surface area contributed by atoms with Crippen LogP contribution in [0.1, 0.15) is 38.7 Å². The number of nitrogens with one attached hydrogen (secondary N) is 1. The van der Waals surface area contributed by atoms with Crippen molar-refractivity contribution in [1.82, 2.24) is 5.32 Å². The maximum atomic E-state index is 11.4. The van der Waals surface area contributed by atoms with Gasteiger partial charge >= 0.3 is 0 Å². The zero-order chi connectivity index (χ0) is 14.5. The molecule has 0 spiro atoms. The lowest BCUT2D eigenvalue weighted by molar-refractivity contribution is -0.124. The van der Waals surface area contributed by atoms with Crippen molar-refractivity contribution in [1.29, 1.82) is 0 Å². The maximum absolute atomic E-state index is 11.4. The van der Waals surface area contributed by atoms with Crippen molar-refractivity contribution >= 4 is 5.91 Å². The minimum absolute atomic E-state index is 0.365. The monoisotopic (exact) mass is 264 g/mol. The summed E-state index contributed by atoms with van der Waals surface area (Å²) in [6.45, 7) is 6.49. The van der Waals surface area contributed by atoms with Gasteiger partial charge < -0.3 is 15.8 Å². The van der Waals surface area contributed by atoms with Crippen molar-refractivity contribution in [3.63, 3.8) is 0 Å². The molecule has 0 aromatic heterocycles. The van der Waals surface area contributed by atoms with E-state index < -0.39 is 5.54 Å². The van der Waals surface area contributed by atoms with E-state index in [0.717, 1.165) is 5.75 Å². The topological polar surface area (TPSA) is 64.3 Å². The molecule has 0 aliphatic rings. The molecule has 1 aromatic carbocycles. The molecule has 1 atom stereocenters. The van der Waals surface area contributed by atoms with Crippen LogP contribution in [-0.4, -0.2) is 25.1 Å². The molecule has 0 aliphatic carbocycles. The number of primary amides is 1. The summed E-state index contributed by atoms with van der Waals surface area (Å²) >= 11 is 0. The molecule has 4 heteroatoms. The predicted octanol–water partition coefficient (Wildman–Crippen LogP) is 2.04. The Bertz CT molecular complexity index is 432. The smallest absolute Gasteiger partial charge is 0.237 e. The second kappa shape index (κ2) is 6.57. The van der Waals surface area contributed by atoms with Crippen molar-refractivity contribution in [2.75, 3.05) is 13.7 Å². The lowest BCUT2D eigenvalue weighted by Gasteiger charge is -2.25. The molecule has 0 bridgehead atoms. The summed E-state index contributed by atoms with van der Waals surface area (Å²) in [4.78, 5) is 11.4. The van der Waals surface area contributed by atoms with Gasteiger partial charge in [0.05, 0.1) is 12.1 Å². The van der Waals surface area contributed by atoms with Gasteiger partial charge in [0.25, 0.3) is 0 Å². The molecule has 0 heterocycles. The zero-order valence-corrected chi connectivity index (χ0v) is 12.2. The van der Waals surface area contributed by atoms with Crippen LogP contribution in [0.25, 0.3) is 0 Å². The largest absolute Gasteiger partial charge is 0.493 e. The van der Waals surface area contributed by atoms with Gasteiger partial charge in [0.2, 0.25) is 5.91 Å². The van der Waals surface area contributed by atoms with E-state index in [1.807, 2.05) is 18.2 Å². The van der Waals surface area contributed by atoms with Crippen molar-refractivity contribution in [3.05, 3.63) is 29.8 Å². The highest BCUT2D eigenvalue weighted by atomic mass is 16.5. The van der Waals surface area contributed by atoms with Gasteiger partial charge in [-0.1, -0.05) is 32.0 Å². The normalized spacial score (nSPS) is 14.2. The van der Waals surface area contributed by atoms with Crippen LogP contribution in [0.4, 0.5) is 0 Å². The Morgan fingerprint density at radius 2 is 2.05 bits per heavy atom. The van der Waals surface area contributed by atoms with E-state index in [4.69, 9.17) is 10.5 Å². The molecule has 1 rings (SSSR count). The minimum atomic E-state index is -0.729. The summed E-state index contributed by atoms with van der Waals surface area (Å²) in [5, 5.41) is 2.95. The Morgan fingerprint density at radius 3 is 2.58 bits per heavy atom. The van der Waals surface area contributed by atoms with Gasteiger partial charge in [-0.05, 0) is 31.5 Å². The third-order valence-corrected chi connectivity index (χ3v) is 3.50. The van der Waals surface area contributed by atoms with Gasteiger partial charge in [0, 0.05) is 6.42 Å². The third kappa shape index (κ3) is 3.96. The van der Waals surface area contributed by atoms with Gasteiger partial charge in [0.1, 0.15) is 5.75 Å². The lowest BCUT2D eigenvalue weighted by Crippen LogP contribution is -2.52. The summed E-state index contributed by atoms with van der Waals surface area (Å²) < 4.78 is 5.80. The number of carbonyl (C=O) groups excluding carboxylic acids is 1. The average molecular weight is 264 g/mol. The first-order valence-electron chi connectivity index (χ1n) is 6.61. The summed E-state index contributed by atoms with van der Waals surface area (Å²) in [5.74, 6) is 0.916. The molecule has 19 heavy (non-hydrogen) atoms. The van der Waals surface area contributed by atoms with E-state index in [0.29, 0.717) is 18.9 Å². The van der Waals surface area contributed by atoms with Crippen molar-refractivity contribution < 1.29 is 9.53 Å². The van der Waals surface area contributed by atoms with Crippen LogP contribution in [0.3, 0.4) is 0 Å². The Morgan fingerprint density at radius 1 is 1.42 bits per heavy atom. The summed E-state index contributed by atoms with van der Waals surface area (Å²) in [7, 11) is 1.73. The van der Waals surface area contributed by atoms with E-state index in [-0.39, 0.29) is 5.91 Å². The molecule has 3 N–H and O–H groups in total. The average Bonchev–Trinajstić information content (AvgIpc) is 2.38. The molecule has 1 unspecified atom stereocenters. The molecule has 4 nitrogen and oxygen atoms in total. The molecule has 0 radical (unpaired) electrons. The molecule has 0 aliphatic heterocycles. The molecule has 1 amide bonds.